The van der Waals surface area contributed by atoms with Crippen LogP contribution in [0.3, 0.4) is 0 Å². The minimum absolute atomic E-state index is 0.266. The molecule has 0 bridgehead atoms. The van der Waals surface area contributed by atoms with E-state index in [-0.39, 0.29) is 5.91 Å². The largest absolute Gasteiger partial charge is 0.496 e. The van der Waals surface area contributed by atoms with E-state index in [1.165, 1.54) is 7.11 Å². The highest BCUT2D eigenvalue weighted by molar-refractivity contribution is 5.97. The molecule has 1 aromatic rings. The fourth-order valence-electron chi connectivity index (χ4n) is 1.41. The van der Waals surface area contributed by atoms with Crippen LogP contribution in [0.4, 0.5) is 0 Å². The highest BCUT2D eigenvalue weighted by Crippen LogP contribution is 2.27. The topological polar surface area (TPSA) is 59.6 Å². The summed E-state index contributed by atoms with van der Waals surface area (Å²) in [5.74, 6) is 0.908. The minimum Gasteiger partial charge on any atom is -0.496 e. The zero-order valence-corrected chi connectivity index (χ0v) is 9.88. The summed E-state index contributed by atoms with van der Waals surface area (Å²) < 4.78 is 10.3. The quantitative estimate of drug-likeness (QED) is 0.745. The van der Waals surface area contributed by atoms with Crippen molar-refractivity contribution in [1.82, 2.24) is 10.9 Å². The average molecular weight is 224 g/mol. The van der Waals surface area contributed by atoms with Crippen molar-refractivity contribution in [3.8, 4) is 11.5 Å². The third-order valence-corrected chi connectivity index (χ3v) is 2.20. The number of carbonyl (C=O) groups excluding carboxylic acids is 1. The lowest BCUT2D eigenvalue weighted by atomic mass is 10.1. The van der Waals surface area contributed by atoms with Gasteiger partial charge in [-0.1, -0.05) is 0 Å². The Labute approximate surface area is 94.7 Å². The standard InChI is InChI=1S/C11H16N2O3/c1-7-5-10(16-4)8(6-9(7)15-3)11(14)13-12-2/h5-6,12H,1-4H3,(H,13,14). The number of benzene rings is 1. The van der Waals surface area contributed by atoms with E-state index >= 15 is 0 Å². The molecule has 1 rings (SSSR count). The first-order chi connectivity index (χ1) is 7.63. The van der Waals surface area contributed by atoms with Crippen molar-refractivity contribution in [3.63, 3.8) is 0 Å². The van der Waals surface area contributed by atoms with E-state index < -0.39 is 0 Å². The van der Waals surface area contributed by atoms with Gasteiger partial charge in [-0.3, -0.25) is 10.2 Å². The molecule has 2 N–H and O–H groups in total. The van der Waals surface area contributed by atoms with Crippen molar-refractivity contribution in [2.75, 3.05) is 21.3 Å². The third-order valence-electron chi connectivity index (χ3n) is 2.20. The molecule has 5 nitrogen and oxygen atoms in total. The van der Waals surface area contributed by atoms with Crippen LogP contribution in [0.1, 0.15) is 15.9 Å². The normalized spacial score (nSPS) is 9.75. The molecule has 0 aromatic heterocycles. The Kier molecular flexibility index (Phi) is 4.13. The van der Waals surface area contributed by atoms with Crippen LogP contribution in [-0.2, 0) is 0 Å². The summed E-state index contributed by atoms with van der Waals surface area (Å²) in [6, 6.07) is 3.42. The van der Waals surface area contributed by atoms with Crippen LogP contribution in [0.15, 0.2) is 12.1 Å². The summed E-state index contributed by atoms with van der Waals surface area (Å²) in [6.45, 7) is 1.89. The smallest absolute Gasteiger partial charge is 0.269 e. The first-order valence-electron chi connectivity index (χ1n) is 4.83. The Hall–Kier alpha value is -1.75. The number of amides is 1. The first kappa shape index (κ1) is 12.3. The first-order valence-corrected chi connectivity index (χ1v) is 4.83. The summed E-state index contributed by atoms with van der Waals surface area (Å²) in [7, 11) is 4.71. The monoisotopic (exact) mass is 224 g/mol. The molecule has 0 spiro atoms. The predicted molar refractivity (Wildman–Crippen MR) is 60.8 cm³/mol. The van der Waals surface area contributed by atoms with E-state index in [1.807, 2.05) is 6.92 Å². The maximum atomic E-state index is 11.7. The molecular weight excluding hydrogens is 208 g/mol. The van der Waals surface area contributed by atoms with Gasteiger partial charge in [-0.15, -0.1) is 0 Å². The molecule has 0 saturated heterocycles. The summed E-state index contributed by atoms with van der Waals surface area (Å²) in [5.41, 5.74) is 6.40. The second kappa shape index (κ2) is 5.37. The van der Waals surface area contributed by atoms with E-state index in [0.29, 0.717) is 17.1 Å². The van der Waals surface area contributed by atoms with Crippen molar-refractivity contribution in [2.45, 2.75) is 6.92 Å². The molecule has 0 aliphatic carbocycles. The number of aryl methyl sites for hydroxylation is 1. The van der Waals surface area contributed by atoms with Crippen LogP contribution in [0.2, 0.25) is 0 Å². The Balaban J connectivity index is 3.19. The fraction of sp³-hybridized carbons (Fsp3) is 0.364. The summed E-state index contributed by atoms with van der Waals surface area (Å²) in [5, 5.41) is 0. The van der Waals surface area contributed by atoms with Crippen LogP contribution < -0.4 is 20.3 Å². The maximum absolute atomic E-state index is 11.7. The van der Waals surface area contributed by atoms with Gasteiger partial charge in [-0.05, 0) is 24.6 Å². The lowest BCUT2D eigenvalue weighted by Gasteiger charge is -2.12. The van der Waals surface area contributed by atoms with Gasteiger partial charge in [0.15, 0.2) is 0 Å². The molecule has 1 amide bonds. The van der Waals surface area contributed by atoms with E-state index in [9.17, 15) is 4.79 Å². The molecule has 0 saturated carbocycles. The van der Waals surface area contributed by atoms with Crippen LogP contribution >= 0.6 is 0 Å². The lowest BCUT2D eigenvalue weighted by molar-refractivity contribution is 0.0934. The van der Waals surface area contributed by atoms with Crippen molar-refractivity contribution in [3.05, 3.63) is 23.3 Å². The number of rotatable bonds is 4. The molecule has 5 heteroatoms. The second-order valence-electron chi connectivity index (χ2n) is 3.23. The lowest BCUT2D eigenvalue weighted by Crippen LogP contribution is -2.34. The molecule has 0 aliphatic rings. The molecule has 1 aromatic carbocycles. The van der Waals surface area contributed by atoms with Gasteiger partial charge in [-0.2, -0.15) is 0 Å². The van der Waals surface area contributed by atoms with Gasteiger partial charge in [0.05, 0.1) is 19.8 Å². The SMILES string of the molecule is CNNC(=O)c1cc(OC)c(C)cc1OC. The number of carbonyl (C=O) groups is 1. The number of methoxy groups -OCH3 is 2. The Bertz CT molecular complexity index is 391. The maximum Gasteiger partial charge on any atom is 0.269 e. The molecule has 0 heterocycles. The number of hydrazine groups is 1. The molecule has 88 valence electrons. The van der Waals surface area contributed by atoms with Crippen LogP contribution in [0, 0.1) is 6.92 Å². The molecule has 0 radical (unpaired) electrons. The highest BCUT2D eigenvalue weighted by Gasteiger charge is 2.14. The molecular formula is C11H16N2O3. The molecule has 0 aliphatic heterocycles. The van der Waals surface area contributed by atoms with Crippen molar-refractivity contribution in [2.24, 2.45) is 0 Å². The van der Waals surface area contributed by atoms with Crippen molar-refractivity contribution in [1.29, 1.82) is 0 Å². The van der Waals surface area contributed by atoms with Gasteiger partial charge in [-0.25, -0.2) is 5.43 Å². The van der Waals surface area contributed by atoms with Gasteiger partial charge in [0.25, 0.3) is 5.91 Å². The molecule has 0 unspecified atom stereocenters. The summed E-state index contributed by atoms with van der Waals surface area (Å²) >= 11 is 0. The zero-order chi connectivity index (χ0) is 12.1. The predicted octanol–water partition coefficient (Wildman–Crippen LogP) is 0.876. The van der Waals surface area contributed by atoms with Crippen molar-refractivity contribution >= 4 is 5.91 Å². The minimum atomic E-state index is -0.266. The van der Waals surface area contributed by atoms with E-state index in [4.69, 9.17) is 9.47 Å². The average Bonchev–Trinajstić information content (AvgIpc) is 2.28. The summed E-state index contributed by atoms with van der Waals surface area (Å²) in [6.07, 6.45) is 0. The van der Waals surface area contributed by atoms with E-state index in [2.05, 4.69) is 10.9 Å². The van der Waals surface area contributed by atoms with Crippen LogP contribution in [0.5, 0.6) is 11.5 Å². The fourth-order valence-corrected chi connectivity index (χ4v) is 1.41. The number of hydrogen-bond donors (Lipinski definition) is 2. The Morgan fingerprint density at radius 2 is 1.81 bits per heavy atom. The summed E-state index contributed by atoms with van der Waals surface area (Å²) in [4.78, 5) is 11.7. The third kappa shape index (κ3) is 2.43. The highest BCUT2D eigenvalue weighted by atomic mass is 16.5. The van der Waals surface area contributed by atoms with Crippen molar-refractivity contribution < 1.29 is 14.3 Å². The van der Waals surface area contributed by atoms with Crippen LogP contribution in [0.25, 0.3) is 0 Å². The Morgan fingerprint density at radius 1 is 1.19 bits per heavy atom. The zero-order valence-electron chi connectivity index (χ0n) is 9.88. The molecule has 16 heavy (non-hydrogen) atoms. The number of nitrogens with one attached hydrogen (secondary N) is 2. The van der Waals surface area contributed by atoms with E-state index in [0.717, 1.165) is 5.56 Å². The Morgan fingerprint density at radius 3 is 2.31 bits per heavy atom. The van der Waals surface area contributed by atoms with Crippen LogP contribution in [-0.4, -0.2) is 27.2 Å². The number of ether oxygens (including phenoxy) is 2. The molecule has 0 atom stereocenters. The second-order valence-corrected chi connectivity index (χ2v) is 3.23. The van der Waals surface area contributed by atoms with Gasteiger partial charge >= 0.3 is 0 Å². The van der Waals surface area contributed by atoms with Gasteiger partial charge in [0, 0.05) is 7.05 Å². The molecule has 0 fully saturated rings. The van der Waals surface area contributed by atoms with Gasteiger partial charge in [0.1, 0.15) is 11.5 Å². The number of hydrogen-bond acceptors (Lipinski definition) is 4. The van der Waals surface area contributed by atoms with E-state index in [1.54, 1.807) is 26.3 Å². The van der Waals surface area contributed by atoms with Gasteiger partial charge in [0.2, 0.25) is 0 Å². The van der Waals surface area contributed by atoms with Gasteiger partial charge < -0.3 is 9.47 Å².